The smallest absolute Gasteiger partial charge is 0.238 e. The minimum absolute atomic E-state index is 0.256. The number of unbranched alkanes of at least 4 members (excludes halogenated alkanes) is 1. The van der Waals surface area contributed by atoms with Crippen LogP contribution in [0.15, 0.2) is 0 Å². The number of hydrogen-bond donors (Lipinski definition) is 1. The molecule has 1 unspecified atom stereocenters. The van der Waals surface area contributed by atoms with Gasteiger partial charge >= 0.3 is 0 Å². The van der Waals surface area contributed by atoms with Crippen LogP contribution >= 0.6 is 12.2 Å². The Morgan fingerprint density at radius 3 is 3.07 bits per heavy atom. The fourth-order valence-electron chi connectivity index (χ4n) is 1.05. The lowest BCUT2D eigenvalue weighted by atomic mass is 10.3. The molecule has 1 N–H and O–H groups in total. The number of rotatable bonds is 7. The van der Waals surface area contributed by atoms with Crippen LogP contribution in [0.25, 0.3) is 0 Å². The number of aromatic nitrogens is 4. The van der Waals surface area contributed by atoms with Gasteiger partial charge in [-0.2, -0.15) is 5.21 Å². The number of hydrogen-bond acceptors (Lipinski definition) is 5. The minimum atomic E-state index is -0.468. The van der Waals surface area contributed by atoms with Crippen LogP contribution in [0.4, 0.5) is 0 Å². The lowest BCUT2D eigenvalue weighted by molar-refractivity contribution is -0.112. The lowest BCUT2D eigenvalue weighted by Gasteiger charge is -2.10. The zero-order valence-electron chi connectivity index (χ0n) is 8.55. The molecular weight excluding hydrogens is 216 g/mol. The van der Waals surface area contributed by atoms with Gasteiger partial charge in [0.15, 0.2) is 0 Å². The summed E-state index contributed by atoms with van der Waals surface area (Å²) in [4.78, 5) is 10.8. The first-order valence-electron chi connectivity index (χ1n) is 4.82. The van der Waals surface area contributed by atoms with E-state index in [2.05, 4.69) is 22.4 Å². The largest absolute Gasteiger partial charge is 0.379 e. The molecule has 1 heterocycles. The third kappa shape index (κ3) is 3.52. The second-order valence-electron chi connectivity index (χ2n) is 3.08. The molecule has 1 aromatic rings. The van der Waals surface area contributed by atoms with E-state index in [1.165, 1.54) is 4.68 Å². The van der Waals surface area contributed by atoms with Crippen LogP contribution in [0.3, 0.4) is 0 Å². The van der Waals surface area contributed by atoms with Gasteiger partial charge in [-0.3, -0.25) is 0 Å². The van der Waals surface area contributed by atoms with Crippen molar-refractivity contribution in [2.75, 3.05) is 13.2 Å². The maximum atomic E-state index is 10.8. The van der Waals surface area contributed by atoms with Crippen LogP contribution in [-0.2, 0) is 9.53 Å². The highest BCUT2D eigenvalue weighted by atomic mass is 32.1. The topological polar surface area (TPSA) is 72.8 Å². The van der Waals surface area contributed by atoms with Gasteiger partial charge in [-0.1, -0.05) is 23.7 Å². The average molecular weight is 230 g/mol. The summed E-state index contributed by atoms with van der Waals surface area (Å²) in [5, 5.41) is 9.63. The van der Waals surface area contributed by atoms with Gasteiger partial charge in [0, 0.05) is 6.61 Å². The molecule has 7 heteroatoms. The first-order chi connectivity index (χ1) is 7.29. The summed E-state index contributed by atoms with van der Waals surface area (Å²) in [5.41, 5.74) is 0. The molecule has 1 atom stereocenters. The van der Waals surface area contributed by atoms with Crippen molar-refractivity contribution in [3.05, 3.63) is 4.77 Å². The monoisotopic (exact) mass is 230 g/mol. The Kier molecular flexibility index (Phi) is 5.13. The van der Waals surface area contributed by atoms with E-state index in [0.29, 0.717) is 13.2 Å². The second-order valence-corrected chi connectivity index (χ2v) is 3.45. The van der Waals surface area contributed by atoms with Crippen molar-refractivity contribution in [1.29, 1.82) is 0 Å². The highest BCUT2D eigenvalue weighted by molar-refractivity contribution is 7.71. The molecule has 0 radical (unpaired) electrons. The molecule has 1 rings (SSSR count). The van der Waals surface area contributed by atoms with Crippen molar-refractivity contribution in [3.63, 3.8) is 0 Å². The Balaban J connectivity index is 2.47. The Bertz CT molecular complexity index is 348. The van der Waals surface area contributed by atoms with E-state index >= 15 is 0 Å². The molecule has 0 aliphatic rings. The quantitative estimate of drug-likeness (QED) is 0.428. The highest BCUT2D eigenvalue weighted by Gasteiger charge is 2.11. The molecule has 0 saturated heterocycles. The molecule has 0 aliphatic carbocycles. The number of nitrogens with zero attached hydrogens (tertiary/aromatic N) is 3. The van der Waals surface area contributed by atoms with Crippen molar-refractivity contribution in [1.82, 2.24) is 20.2 Å². The van der Waals surface area contributed by atoms with Crippen molar-refractivity contribution >= 4 is 18.5 Å². The molecule has 0 spiro atoms. The van der Waals surface area contributed by atoms with Gasteiger partial charge in [0.05, 0.1) is 6.61 Å². The molecule has 0 aliphatic heterocycles. The van der Waals surface area contributed by atoms with Gasteiger partial charge in [-0.25, -0.2) is 4.68 Å². The third-order valence-corrected chi connectivity index (χ3v) is 2.19. The number of carbonyl (C=O) groups is 1. The van der Waals surface area contributed by atoms with Crippen LogP contribution in [0.1, 0.15) is 25.8 Å². The van der Waals surface area contributed by atoms with Gasteiger partial charge in [0.2, 0.25) is 4.77 Å². The maximum Gasteiger partial charge on any atom is 0.238 e. The summed E-state index contributed by atoms with van der Waals surface area (Å²) in [7, 11) is 0. The SMILES string of the molecule is CCCCOCC(C=O)n1[nH]nnc1=S. The zero-order valence-corrected chi connectivity index (χ0v) is 9.37. The van der Waals surface area contributed by atoms with Crippen molar-refractivity contribution in [2.24, 2.45) is 0 Å². The molecular formula is C8H14N4O2S. The molecule has 0 fully saturated rings. The Labute approximate surface area is 92.6 Å². The summed E-state index contributed by atoms with van der Waals surface area (Å²) in [6.45, 7) is 3.02. The molecule has 0 amide bonds. The number of H-pyrrole nitrogens is 1. The minimum Gasteiger partial charge on any atom is -0.379 e. The number of nitrogens with one attached hydrogen (secondary N) is 1. The average Bonchev–Trinajstić information content (AvgIpc) is 2.65. The number of carbonyl (C=O) groups excluding carboxylic acids is 1. The predicted molar refractivity (Wildman–Crippen MR) is 56.0 cm³/mol. The maximum absolute atomic E-state index is 10.8. The molecule has 15 heavy (non-hydrogen) atoms. The van der Waals surface area contributed by atoms with Crippen molar-refractivity contribution in [2.45, 2.75) is 25.8 Å². The normalized spacial score (nSPS) is 12.6. The predicted octanol–water partition coefficient (Wildman–Crippen LogP) is 0.892. The van der Waals surface area contributed by atoms with E-state index in [-0.39, 0.29) is 4.77 Å². The number of aromatic amines is 1. The highest BCUT2D eigenvalue weighted by Crippen LogP contribution is 2.02. The van der Waals surface area contributed by atoms with Crippen LogP contribution in [0, 0.1) is 4.77 Å². The molecule has 6 nitrogen and oxygen atoms in total. The molecule has 0 bridgehead atoms. The number of tetrazole rings is 1. The standard InChI is InChI=1S/C8H14N4O2S/c1-2-3-4-14-6-7(5-13)12-8(15)9-10-11-12/h5,7H,2-4,6H2,1H3,(H,9,11,15). The lowest BCUT2D eigenvalue weighted by Crippen LogP contribution is -2.18. The van der Waals surface area contributed by atoms with E-state index in [0.717, 1.165) is 19.1 Å². The van der Waals surface area contributed by atoms with Crippen molar-refractivity contribution in [3.8, 4) is 0 Å². The fraction of sp³-hybridized carbons (Fsp3) is 0.750. The Hall–Kier alpha value is -1.08. The van der Waals surface area contributed by atoms with E-state index < -0.39 is 6.04 Å². The third-order valence-electron chi connectivity index (χ3n) is 1.91. The van der Waals surface area contributed by atoms with E-state index in [1.807, 2.05) is 0 Å². The number of aldehydes is 1. The van der Waals surface area contributed by atoms with Gasteiger partial charge in [-0.05, 0) is 18.6 Å². The first kappa shape index (κ1) is 12.0. The van der Waals surface area contributed by atoms with Gasteiger partial charge in [-0.15, -0.1) is 0 Å². The fourth-order valence-corrected chi connectivity index (χ4v) is 1.26. The van der Waals surface area contributed by atoms with Crippen LogP contribution < -0.4 is 0 Å². The van der Waals surface area contributed by atoms with Crippen LogP contribution in [-0.4, -0.2) is 39.7 Å². The Morgan fingerprint density at radius 1 is 1.73 bits per heavy atom. The number of ether oxygens (including phenoxy) is 1. The first-order valence-corrected chi connectivity index (χ1v) is 5.23. The van der Waals surface area contributed by atoms with Gasteiger partial charge < -0.3 is 9.53 Å². The van der Waals surface area contributed by atoms with Crippen molar-refractivity contribution < 1.29 is 9.53 Å². The van der Waals surface area contributed by atoms with E-state index in [4.69, 9.17) is 17.0 Å². The van der Waals surface area contributed by atoms with Gasteiger partial charge in [0.1, 0.15) is 12.3 Å². The summed E-state index contributed by atoms with van der Waals surface area (Å²) in [6, 6.07) is -0.468. The Morgan fingerprint density at radius 2 is 2.53 bits per heavy atom. The molecule has 1 aromatic heterocycles. The summed E-state index contributed by atoms with van der Waals surface area (Å²) >= 11 is 4.87. The summed E-state index contributed by atoms with van der Waals surface area (Å²) in [6.07, 6.45) is 2.82. The van der Waals surface area contributed by atoms with E-state index in [9.17, 15) is 4.79 Å². The zero-order chi connectivity index (χ0) is 11.1. The second kappa shape index (κ2) is 6.41. The summed E-state index contributed by atoms with van der Waals surface area (Å²) in [5.74, 6) is 0. The molecule has 84 valence electrons. The molecule has 0 aromatic carbocycles. The van der Waals surface area contributed by atoms with Crippen LogP contribution in [0.5, 0.6) is 0 Å². The summed E-state index contributed by atoms with van der Waals surface area (Å²) < 4.78 is 7.00. The van der Waals surface area contributed by atoms with Crippen LogP contribution in [0.2, 0.25) is 0 Å². The van der Waals surface area contributed by atoms with Gasteiger partial charge in [0.25, 0.3) is 0 Å². The molecule has 0 saturated carbocycles. The van der Waals surface area contributed by atoms with E-state index in [1.54, 1.807) is 0 Å².